The van der Waals surface area contributed by atoms with Crippen molar-refractivity contribution < 1.29 is 9.53 Å². The number of nitrogens with two attached hydrogens (primary N) is 1. The molecule has 7 heteroatoms. The highest BCUT2D eigenvalue weighted by Crippen LogP contribution is 2.23. The van der Waals surface area contributed by atoms with Crippen molar-refractivity contribution in [2.75, 3.05) is 18.6 Å². The van der Waals surface area contributed by atoms with Gasteiger partial charge in [-0.05, 0) is 0 Å². The molecule has 76 valence electrons. The predicted molar refractivity (Wildman–Crippen MR) is 56.2 cm³/mol. The van der Waals surface area contributed by atoms with Gasteiger partial charge in [-0.2, -0.15) is 0 Å². The number of nitrogens with zero attached hydrogens (tertiary/aromatic N) is 2. The zero-order chi connectivity index (χ0) is 10.4. The Hall–Kier alpha value is -1.08. The molecule has 0 unspecified atom stereocenters. The minimum Gasteiger partial charge on any atom is -0.466 e. The molecule has 0 atom stereocenters. The number of aromatic nitrogens is 2. The van der Waals surface area contributed by atoms with Crippen LogP contribution >= 0.6 is 23.1 Å². The normalized spacial score (nSPS) is 10.6. The Morgan fingerprint density at radius 3 is 3.07 bits per heavy atom. The summed E-state index contributed by atoms with van der Waals surface area (Å²) in [5.74, 6) is 0.284. The van der Waals surface area contributed by atoms with Gasteiger partial charge in [-0.3, -0.25) is 0 Å². The van der Waals surface area contributed by atoms with Crippen LogP contribution in [-0.4, -0.2) is 29.0 Å². The maximum absolute atomic E-state index is 10.7. The van der Waals surface area contributed by atoms with Crippen LogP contribution in [0.15, 0.2) is 16.5 Å². The summed E-state index contributed by atoms with van der Waals surface area (Å²) in [7, 11) is 1.34. The zero-order valence-corrected chi connectivity index (χ0v) is 9.10. The van der Waals surface area contributed by atoms with Crippen molar-refractivity contribution in [2.24, 2.45) is 0 Å². The summed E-state index contributed by atoms with van der Waals surface area (Å²) in [5, 5.41) is 7.91. The van der Waals surface area contributed by atoms with Crippen LogP contribution in [-0.2, 0) is 9.53 Å². The maximum Gasteiger partial charge on any atom is 0.330 e. The summed E-state index contributed by atoms with van der Waals surface area (Å²) in [6.45, 7) is 0. The maximum atomic E-state index is 10.7. The number of methoxy groups -OCH3 is 1. The Morgan fingerprint density at radius 1 is 1.71 bits per heavy atom. The number of carbonyl (C=O) groups is 1. The summed E-state index contributed by atoms with van der Waals surface area (Å²) in [5.41, 5.74) is 5.39. The van der Waals surface area contributed by atoms with E-state index < -0.39 is 0 Å². The Bertz CT molecular complexity index is 337. The van der Waals surface area contributed by atoms with Crippen molar-refractivity contribution in [1.82, 2.24) is 10.2 Å². The molecule has 0 aliphatic carbocycles. The van der Waals surface area contributed by atoms with E-state index >= 15 is 0 Å². The molecule has 1 heterocycles. The van der Waals surface area contributed by atoms with Gasteiger partial charge in [0, 0.05) is 11.8 Å². The molecule has 0 fully saturated rings. The highest BCUT2D eigenvalue weighted by molar-refractivity contribution is 8.01. The number of carbonyl (C=O) groups excluding carboxylic acids is 1. The third-order valence-corrected chi connectivity index (χ3v) is 3.02. The first kappa shape index (κ1) is 11.0. The Kier molecular flexibility index (Phi) is 4.41. The average molecular weight is 231 g/mol. The summed E-state index contributed by atoms with van der Waals surface area (Å²) in [4.78, 5) is 10.7. The van der Waals surface area contributed by atoms with Crippen molar-refractivity contribution >= 4 is 34.2 Å². The van der Waals surface area contributed by atoms with Crippen molar-refractivity contribution in [3.05, 3.63) is 12.2 Å². The second-order valence-corrected chi connectivity index (χ2v) is 4.42. The van der Waals surface area contributed by atoms with Crippen molar-refractivity contribution in [1.29, 1.82) is 0 Å². The quantitative estimate of drug-likeness (QED) is 0.472. The van der Waals surface area contributed by atoms with Gasteiger partial charge in [0.15, 0.2) is 4.34 Å². The lowest BCUT2D eigenvalue weighted by molar-refractivity contribution is -0.134. The monoisotopic (exact) mass is 231 g/mol. The average Bonchev–Trinajstić information content (AvgIpc) is 2.58. The minimum absolute atomic E-state index is 0.359. The fourth-order valence-electron chi connectivity index (χ4n) is 0.610. The number of thioether (sulfide) groups is 1. The number of esters is 1. The smallest absolute Gasteiger partial charge is 0.330 e. The fraction of sp³-hybridized carbons (Fsp3) is 0.286. The van der Waals surface area contributed by atoms with E-state index in [1.165, 1.54) is 36.3 Å². The number of hydrogen-bond donors (Lipinski definition) is 1. The lowest BCUT2D eigenvalue weighted by atomic mass is 10.5. The van der Waals surface area contributed by atoms with E-state index in [0.29, 0.717) is 10.9 Å². The second-order valence-electron chi connectivity index (χ2n) is 2.14. The molecule has 0 aliphatic rings. The van der Waals surface area contributed by atoms with E-state index in [-0.39, 0.29) is 5.97 Å². The van der Waals surface area contributed by atoms with Crippen LogP contribution in [0.1, 0.15) is 0 Å². The van der Waals surface area contributed by atoms with Gasteiger partial charge in [0.25, 0.3) is 0 Å². The molecule has 0 saturated carbocycles. The first-order valence-corrected chi connectivity index (χ1v) is 5.49. The molecule has 1 aromatic heterocycles. The molecule has 1 aromatic rings. The minimum atomic E-state index is -0.359. The molecule has 0 saturated heterocycles. The number of rotatable bonds is 4. The second kappa shape index (κ2) is 5.61. The molecule has 0 aromatic carbocycles. The third kappa shape index (κ3) is 3.75. The SMILES string of the molecule is COC(=O)/C=C/CSc1nnc(N)s1. The molecule has 14 heavy (non-hydrogen) atoms. The van der Waals surface area contributed by atoms with E-state index in [2.05, 4.69) is 14.9 Å². The molecule has 1 rings (SSSR count). The van der Waals surface area contributed by atoms with Crippen LogP contribution in [0.25, 0.3) is 0 Å². The number of ether oxygens (including phenoxy) is 1. The molecule has 5 nitrogen and oxygen atoms in total. The zero-order valence-electron chi connectivity index (χ0n) is 7.47. The first-order valence-electron chi connectivity index (χ1n) is 3.68. The molecule has 2 N–H and O–H groups in total. The topological polar surface area (TPSA) is 78.1 Å². The molecular formula is C7H9N3O2S2. The van der Waals surface area contributed by atoms with Gasteiger partial charge in [0.2, 0.25) is 5.13 Å². The van der Waals surface area contributed by atoms with Crippen molar-refractivity contribution in [3.8, 4) is 0 Å². The van der Waals surface area contributed by atoms with Crippen LogP contribution in [0.4, 0.5) is 5.13 Å². The molecule has 0 aliphatic heterocycles. The van der Waals surface area contributed by atoms with Crippen LogP contribution in [0, 0.1) is 0 Å². The van der Waals surface area contributed by atoms with Gasteiger partial charge in [0.05, 0.1) is 7.11 Å². The van der Waals surface area contributed by atoms with Crippen molar-refractivity contribution in [2.45, 2.75) is 4.34 Å². The van der Waals surface area contributed by atoms with Gasteiger partial charge in [-0.1, -0.05) is 29.2 Å². The fourth-order valence-corrected chi connectivity index (χ4v) is 2.08. The van der Waals surface area contributed by atoms with E-state index in [9.17, 15) is 4.79 Å². The van der Waals surface area contributed by atoms with Crippen LogP contribution in [0.5, 0.6) is 0 Å². The lowest BCUT2D eigenvalue weighted by Crippen LogP contribution is -1.93. The van der Waals surface area contributed by atoms with Crippen LogP contribution in [0.2, 0.25) is 0 Å². The van der Waals surface area contributed by atoms with Gasteiger partial charge in [-0.15, -0.1) is 10.2 Å². The number of anilines is 1. The highest BCUT2D eigenvalue weighted by atomic mass is 32.2. The lowest BCUT2D eigenvalue weighted by Gasteiger charge is -1.89. The number of hydrogen-bond acceptors (Lipinski definition) is 7. The van der Waals surface area contributed by atoms with E-state index in [1.54, 1.807) is 6.08 Å². The number of nitrogen functional groups attached to an aromatic ring is 1. The largest absolute Gasteiger partial charge is 0.466 e. The van der Waals surface area contributed by atoms with E-state index in [1.807, 2.05) is 0 Å². The van der Waals surface area contributed by atoms with Crippen LogP contribution in [0.3, 0.4) is 0 Å². The van der Waals surface area contributed by atoms with Gasteiger partial charge < -0.3 is 10.5 Å². The Balaban J connectivity index is 2.28. The highest BCUT2D eigenvalue weighted by Gasteiger charge is 1.99. The first-order chi connectivity index (χ1) is 6.72. The van der Waals surface area contributed by atoms with Crippen LogP contribution < -0.4 is 5.73 Å². The Morgan fingerprint density at radius 2 is 2.50 bits per heavy atom. The molecular weight excluding hydrogens is 222 g/mol. The van der Waals surface area contributed by atoms with E-state index in [4.69, 9.17) is 5.73 Å². The summed E-state index contributed by atoms with van der Waals surface area (Å²) >= 11 is 2.78. The van der Waals surface area contributed by atoms with Gasteiger partial charge in [-0.25, -0.2) is 4.79 Å². The van der Waals surface area contributed by atoms with Gasteiger partial charge >= 0.3 is 5.97 Å². The molecule has 0 radical (unpaired) electrons. The Labute approximate surface area is 89.4 Å². The molecule has 0 spiro atoms. The predicted octanol–water partition coefficient (Wildman–Crippen LogP) is 0.942. The van der Waals surface area contributed by atoms with Gasteiger partial charge in [0.1, 0.15) is 0 Å². The molecule has 0 amide bonds. The third-order valence-electron chi connectivity index (χ3n) is 1.18. The standard InChI is InChI=1S/C7H9N3O2S2/c1-12-5(11)3-2-4-13-7-10-9-6(8)14-7/h2-3H,4H2,1H3,(H2,8,9)/b3-2+. The van der Waals surface area contributed by atoms with E-state index in [0.717, 1.165) is 4.34 Å². The summed E-state index contributed by atoms with van der Waals surface area (Å²) in [6, 6.07) is 0. The van der Waals surface area contributed by atoms with Crippen molar-refractivity contribution in [3.63, 3.8) is 0 Å². The summed E-state index contributed by atoms with van der Waals surface area (Å²) in [6.07, 6.45) is 3.07. The summed E-state index contributed by atoms with van der Waals surface area (Å²) < 4.78 is 5.22. The molecule has 0 bridgehead atoms.